The highest BCUT2D eigenvalue weighted by molar-refractivity contribution is 7.25. The van der Waals surface area contributed by atoms with Gasteiger partial charge in [0, 0.05) is 48.0 Å². The molecule has 11 aromatic rings. The van der Waals surface area contributed by atoms with Gasteiger partial charge in [-0.05, 0) is 112 Å². The molecule has 0 saturated carbocycles. The van der Waals surface area contributed by atoms with Crippen LogP contribution in [0.15, 0.2) is 206 Å². The van der Waals surface area contributed by atoms with Crippen molar-refractivity contribution >= 4 is 81.1 Å². The van der Waals surface area contributed by atoms with Gasteiger partial charge in [-0.15, -0.1) is 11.3 Å². The van der Waals surface area contributed by atoms with E-state index in [9.17, 15) is 0 Å². The molecule has 0 N–H and O–H groups in total. The molecule has 55 heavy (non-hydrogen) atoms. The molecule has 9 aromatic carbocycles. The van der Waals surface area contributed by atoms with Gasteiger partial charge >= 0.3 is 0 Å². The molecule has 0 spiro atoms. The van der Waals surface area contributed by atoms with E-state index >= 15 is 0 Å². The second kappa shape index (κ2) is 12.9. The third kappa shape index (κ3) is 5.32. The third-order valence-corrected chi connectivity index (χ3v) is 12.1. The molecule has 0 saturated heterocycles. The van der Waals surface area contributed by atoms with Gasteiger partial charge in [-0.3, -0.25) is 0 Å². The highest BCUT2D eigenvalue weighted by Gasteiger charge is 2.21. The van der Waals surface area contributed by atoms with Crippen molar-refractivity contribution in [1.82, 2.24) is 4.57 Å². The largest absolute Gasteiger partial charge is 0.310 e. The highest BCUT2D eigenvalue weighted by Crippen LogP contribution is 2.45. The number of hydrogen-bond donors (Lipinski definition) is 0. The van der Waals surface area contributed by atoms with Crippen LogP contribution in [0, 0.1) is 0 Å². The summed E-state index contributed by atoms with van der Waals surface area (Å²) in [6, 6.07) is 75.1. The molecule has 0 amide bonds. The lowest BCUT2D eigenvalue weighted by Crippen LogP contribution is -2.10. The first kappa shape index (κ1) is 31.6. The first-order valence-corrected chi connectivity index (χ1v) is 19.6. The summed E-state index contributed by atoms with van der Waals surface area (Å²) in [5.74, 6) is 0. The maximum Gasteiger partial charge on any atom is 0.0562 e. The van der Waals surface area contributed by atoms with Gasteiger partial charge in [-0.1, -0.05) is 127 Å². The fourth-order valence-corrected chi connectivity index (χ4v) is 9.46. The quantitative estimate of drug-likeness (QED) is 0.166. The number of benzene rings is 9. The van der Waals surface area contributed by atoms with Gasteiger partial charge in [0.25, 0.3) is 0 Å². The molecular weight excluding hydrogens is 685 g/mol. The molecule has 0 fully saturated rings. The fourth-order valence-electron chi connectivity index (χ4n) is 8.35. The number of para-hydroxylation sites is 2. The number of aromatic nitrogens is 1. The molecule has 3 heteroatoms. The number of thiophene rings is 1. The average molecular weight is 719 g/mol. The number of anilines is 3. The Balaban J connectivity index is 1.07. The van der Waals surface area contributed by atoms with Gasteiger partial charge in [-0.2, -0.15) is 0 Å². The van der Waals surface area contributed by atoms with Gasteiger partial charge < -0.3 is 9.47 Å². The lowest BCUT2D eigenvalue weighted by Gasteiger charge is -2.27. The fraction of sp³-hybridized carbons (Fsp3) is 0. The number of nitrogens with zero attached hydrogens (tertiary/aromatic N) is 2. The molecule has 258 valence electrons. The second-order valence-electron chi connectivity index (χ2n) is 14.2. The predicted octanol–water partition coefficient (Wildman–Crippen LogP) is 15.1. The summed E-state index contributed by atoms with van der Waals surface area (Å²) in [4.78, 5) is 2.42. The van der Waals surface area contributed by atoms with E-state index in [4.69, 9.17) is 0 Å². The Morgan fingerprint density at radius 1 is 0.364 bits per heavy atom. The van der Waals surface area contributed by atoms with E-state index in [0.717, 1.165) is 22.7 Å². The molecule has 0 aliphatic heterocycles. The maximum absolute atomic E-state index is 2.42. The summed E-state index contributed by atoms with van der Waals surface area (Å²) in [6.07, 6.45) is 0. The van der Waals surface area contributed by atoms with Crippen LogP contribution < -0.4 is 4.90 Å². The van der Waals surface area contributed by atoms with Crippen molar-refractivity contribution in [3.05, 3.63) is 206 Å². The minimum absolute atomic E-state index is 1.11. The Kier molecular flexibility index (Phi) is 7.39. The predicted molar refractivity (Wildman–Crippen MR) is 237 cm³/mol. The van der Waals surface area contributed by atoms with Gasteiger partial charge in [-0.25, -0.2) is 0 Å². The van der Waals surface area contributed by atoms with Crippen molar-refractivity contribution in [3.63, 3.8) is 0 Å². The van der Waals surface area contributed by atoms with Crippen molar-refractivity contribution in [2.75, 3.05) is 4.90 Å². The topological polar surface area (TPSA) is 8.17 Å². The van der Waals surface area contributed by atoms with Crippen molar-refractivity contribution in [2.24, 2.45) is 0 Å². The summed E-state index contributed by atoms with van der Waals surface area (Å²) < 4.78 is 5.04. The summed E-state index contributed by atoms with van der Waals surface area (Å²) >= 11 is 1.87. The molecule has 11 rings (SSSR count). The number of rotatable bonds is 6. The van der Waals surface area contributed by atoms with Crippen LogP contribution in [0.25, 0.3) is 80.7 Å². The van der Waals surface area contributed by atoms with Crippen molar-refractivity contribution in [2.45, 2.75) is 0 Å². The van der Waals surface area contributed by atoms with E-state index in [1.54, 1.807) is 0 Å². The standard InChI is InChI=1S/C52H34N2S/c1-3-12-35(13-4-1)36-22-27-42(28-23-36)53(48-20-11-21-49-52(48)44-18-9-10-19-47(44)54(49)41-16-5-2-6-17-41)43-29-24-37(25-30-43)40-26-31-50-45(33-40)46-32-38-14-7-8-15-39(38)34-51(46)55-50/h1-34H. The summed E-state index contributed by atoms with van der Waals surface area (Å²) in [5.41, 5.74) is 11.7. The first-order chi connectivity index (χ1) is 27.3. The molecule has 0 radical (unpaired) electrons. The second-order valence-corrected chi connectivity index (χ2v) is 15.2. The Morgan fingerprint density at radius 3 is 1.67 bits per heavy atom. The molecule has 2 aromatic heterocycles. The van der Waals surface area contributed by atoms with Crippen LogP contribution in [0.2, 0.25) is 0 Å². The minimum Gasteiger partial charge on any atom is -0.310 e. The van der Waals surface area contributed by atoms with E-state index in [1.165, 1.54) is 75.0 Å². The van der Waals surface area contributed by atoms with E-state index in [-0.39, 0.29) is 0 Å². The van der Waals surface area contributed by atoms with Crippen LogP contribution in [0.3, 0.4) is 0 Å². The van der Waals surface area contributed by atoms with Gasteiger partial charge in [0.2, 0.25) is 0 Å². The van der Waals surface area contributed by atoms with Crippen LogP contribution >= 0.6 is 11.3 Å². The molecule has 0 aliphatic carbocycles. The Labute approximate surface area is 323 Å². The first-order valence-electron chi connectivity index (χ1n) is 18.8. The Morgan fingerprint density at radius 2 is 0.927 bits per heavy atom. The van der Waals surface area contributed by atoms with Crippen LogP contribution in [0.1, 0.15) is 0 Å². The highest BCUT2D eigenvalue weighted by atomic mass is 32.1. The lowest BCUT2D eigenvalue weighted by molar-refractivity contribution is 1.18. The Bertz CT molecular complexity index is 3180. The minimum atomic E-state index is 1.11. The van der Waals surface area contributed by atoms with Crippen LogP contribution in [-0.2, 0) is 0 Å². The lowest BCUT2D eigenvalue weighted by atomic mass is 10.0. The van der Waals surface area contributed by atoms with Gasteiger partial charge in [0.1, 0.15) is 0 Å². The number of hydrogen-bond acceptors (Lipinski definition) is 2. The zero-order valence-electron chi connectivity index (χ0n) is 29.9. The molecule has 0 unspecified atom stereocenters. The zero-order valence-corrected chi connectivity index (χ0v) is 30.7. The Hall–Kier alpha value is -6.94. The van der Waals surface area contributed by atoms with E-state index in [0.29, 0.717) is 0 Å². The molecule has 2 heterocycles. The van der Waals surface area contributed by atoms with Crippen molar-refractivity contribution in [3.8, 4) is 27.9 Å². The smallest absolute Gasteiger partial charge is 0.0562 e. The van der Waals surface area contributed by atoms with E-state index < -0.39 is 0 Å². The van der Waals surface area contributed by atoms with Crippen molar-refractivity contribution < 1.29 is 0 Å². The SMILES string of the molecule is c1ccc(-c2ccc(N(c3ccc(-c4ccc5sc6cc7ccccc7cc6c5c4)cc3)c3cccc4c3c3ccccc3n4-c3ccccc3)cc2)cc1. The van der Waals surface area contributed by atoms with Crippen LogP contribution in [-0.4, -0.2) is 4.57 Å². The van der Waals surface area contributed by atoms with E-state index in [2.05, 4.69) is 216 Å². The average Bonchev–Trinajstić information content (AvgIpc) is 3.79. The van der Waals surface area contributed by atoms with Crippen molar-refractivity contribution in [1.29, 1.82) is 0 Å². The van der Waals surface area contributed by atoms with E-state index in [1.807, 2.05) is 11.3 Å². The maximum atomic E-state index is 2.42. The molecule has 0 atom stereocenters. The molecule has 2 nitrogen and oxygen atoms in total. The van der Waals surface area contributed by atoms with Crippen LogP contribution in [0.5, 0.6) is 0 Å². The molecule has 0 aliphatic rings. The van der Waals surface area contributed by atoms with Gasteiger partial charge in [0.15, 0.2) is 0 Å². The third-order valence-electron chi connectivity index (χ3n) is 11.0. The summed E-state index contributed by atoms with van der Waals surface area (Å²) in [6.45, 7) is 0. The summed E-state index contributed by atoms with van der Waals surface area (Å²) in [5, 5.41) is 7.66. The molecule has 0 bridgehead atoms. The summed E-state index contributed by atoms with van der Waals surface area (Å²) in [7, 11) is 0. The normalized spacial score (nSPS) is 11.6. The number of fused-ring (bicyclic) bond motifs is 7. The zero-order chi connectivity index (χ0) is 36.3. The van der Waals surface area contributed by atoms with Crippen LogP contribution in [0.4, 0.5) is 17.1 Å². The monoisotopic (exact) mass is 718 g/mol. The van der Waals surface area contributed by atoms with Gasteiger partial charge in [0.05, 0.1) is 16.7 Å². The molecular formula is C52H34N2S.